The Hall–Kier alpha value is -18.0. The molecule has 0 fully saturated rings. The molecule has 0 aliphatic rings. The van der Waals surface area contributed by atoms with Gasteiger partial charge in [-0.15, -0.1) is 0 Å². The summed E-state index contributed by atoms with van der Waals surface area (Å²) in [4.78, 5) is 163. The van der Waals surface area contributed by atoms with Crippen LogP contribution < -0.4 is 59.8 Å². The van der Waals surface area contributed by atoms with Crippen molar-refractivity contribution in [1.29, 1.82) is 5.26 Å². The molecular weight excluding hydrogens is 1850 g/mol. The third kappa shape index (κ3) is 31.8. The fraction of sp³-hybridized carbons (Fsp3) is 0.235. The van der Waals surface area contributed by atoms with E-state index in [0.717, 1.165) is 69.8 Å². The SMILES string of the molecule is CCc1cc(CNC(=O)c2cc(C(=O)N[C@@H](C)c3ccc(-c4noc(=O)[nH]4)cc3)ncn2)ccc1F.CCc1cc(CNC(=O)c2cc(C(=O)N[C@@H](C)c3ccc(/C(N)=N/O)cc3)ncn2)ccc1F.CCc1cc(CNC(=O)c2cc(C(=O)N[C@@H](C)c3ccc(/C(N)=N/OC(=O)OCC(C)C)cc3)ncn2)ccc1F.CCc1cc(CNC(=O)c2cc(C(=O)N[C@@H](C)c3ccc(C#N)cc3)ncn2)ccc1F. The number of benzene rings is 8. The van der Waals surface area contributed by atoms with Crippen LogP contribution in [0.25, 0.3) is 11.4 Å². The molecule has 4 atom stereocenters. The predicted molar refractivity (Wildman–Crippen MR) is 517 cm³/mol. The van der Waals surface area contributed by atoms with Crippen LogP contribution in [-0.2, 0) is 61.4 Å². The second-order valence-electron chi connectivity index (χ2n) is 32.3. The molecule has 0 bridgehead atoms. The van der Waals surface area contributed by atoms with Crippen molar-refractivity contribution < 1.29 is 80.0 Å². The highest BCUT2D eigenvalue weighted by Crippen LogP contribution is 2.24. The summed E-state index contributed by atoms with van der Waals surface area (Å²) in [6.45, 7) is 19.3. The molecule has 738 valence electrons. The molecule has 8 aromatic carbocycles. The maximum absolute atomic E-state index is 13.7. The van der Waals surface area contributed by atoms with E-state index in [1.807, 2.05) is 47.6 Å². The van der Waals surface area contributed by atoms with E-state index in [1.165, 1.54) is 48.5 Å². The first-order valence-electron chi connectivity index (χ1n) is 44.9. The van der Waals surface area contributed by atoms with Crippen molar-refractivity contribution in [3.63, 3.8) is 0 Å². The Balaban J connectivity index is 0.000000197. The van der Waals surface area contributed by atoms with Gasteiger partial charge in [0, 0.05) is 67.1 Å². The second-order valence-corrected chi connectivity index (χ2v) is 32.3. The number of carbonyl (C=O) groups is 9. The second kappa shape index (κ2) is 52.5. The Morgan fingerprint density at radius 1 is 0.406 bits per heavy atom. The molecular formula is C102H103F4N23O14. The fourth-order valence-electron chi connectivity index (χ4n) is 13.4. The van der Waals surface area contributed by atoms with Crippen LogP contribution in [-0.4, -0.2) is 127 Å². The molecule has 5 heterocycles. The lowest BCUT2D eigenvalue weighted by Crippen LogP contribution is -2.29. The summed E-state index contributed by atoms with van der Waals surface area (Å²) in [5, 5.41) is 50.0. The molecule has 41 heteroatoms. The molecule has 0 unspecified atom stereocenters. The molecule has 0 saturated heterocycles. The molecule has 8 amide bonds. The van der Waals surface area contributed by atoms with Crippen molar-refractivity contribution >= 4 is 65.1 Å². The quantitative estimate of drug-likeness (QED) is 0.00339. The first-order chi connectivity index (χ1) is 68.6. The third-order valence-corrected chi connectivity index (χ3v) is 21.6. The Morgan fingerprint density at radius 3 is 0.951 bits per heavy atom. The van der Waals surface area contributed by atoms with Gasteiger partial charge in [-0.05, 0) is 162 Å². The molecule has 0 radical (unpaired) electrons. The zero-order chi connectivity index (χ0) is 103. The van der Waals surface area contributed by atoms with Crippen LogP contribution >= 0.6 is 0 Å². The Kier molecular flexibility index (Phi) is 39.3. The molecule has 14 N–H and O–H groups in total. The minimum absolute atomic E-state index is 0.0136. The number of ether oxygens (including phenoxy) is 1. The Morgan fingerprint density at radius 2 is 0.685 bits per heavy atom. The highest BCUT2D eigenvalue weighted by atomic mass is 19.1. The summed E-state index contributed by atoms with van der Waals surface area (Å²) >= 11 is 0. The van der Waals surface area contributed by atoms with Gasteiger partial charge in [-0.3, -0.25) is 52.7 Å². The Labute approximate surface area is 818 Å². The van der Waals surface area contributed by atoms with Crippen molar-refractivity contribution in [2.45, 2.75) is 145 Å². The highest BCUT2D eigenvalue weighted by Gasteiger charge is 2.24. The van der Waals surface area contributed by atoms with Gasteiger partial charge in [0.15, 0.2) is 17.5 Å². The third-order valence-electron chi connectivity index (χ3n) is 21.6. The standard InChI is InChI=1S/C29H33FN6O5.C25H23FN6O4.C24H25FN6O3.C24H22FN5O2/c1-5-20-12-19(6-11-23(20)30)14-32-27(37)24-13-25(34-16-33-24)28(38)35-18(4)21-7-9-22(10-8-21)26(31)36-41-29(39)40-15-17(2)3;1-3-16-10-15(4-9-19(16)26)12-27-23(33)20-11-21(29-13-28-20)24(34)30-14(2)17-5-7-18(8-6-17)22-31-25(35)36-32-22;1-3-16-10-15(4-9-19(16)25)12-27-23(32)20-11-21(29-13-28-20)24(33)30-14(2)17-5-7-18(8-6-17)22(26)31-34;1-3-18-10-17(6-9-20(18)25)13-27-23(31)21-11-22(29-14-28-21)24(32)30-15(2)19-7-4-16(12-26)5-8-19/h6-13,16-18H,5,14-15H2,1-4H3,(H2,31,36)(H,32,37)(H,35,38);4-11,13-14H,3,12H2,1-2H3,(H,27,33)(H,30,34)(H,31,32,35);4-11,13-14,34H,3,12H2,1-2H3,(H2,26,31)(H,27,32)(H,30,33);4-11,14-15H,3,13H2,1-2H3,(H,27,31)(H,30,32)/t18-;2*14-;15-/m0000/s1. The largest absolute Gasteiger partial charge is 0.535 e. The topological polar surface area (TPSA) is 551 Å². The number of hydrogen-bond donors (Lipinski definition) is 12. The number of halogens is 4. The van der Waals surface area contributed by atoms with Gasteiger partial charge in [-0.1, -0.05) is 190 Å². The number of hydrogen-bond acceptors (Lipinski definition) is 26. The van der Waals surface area contributed by atoms with Crippen LogP contribution in [0.2, 0.25) is 0 Å². The van der Waals surface area contributed by atoms with E-state index in [4.69, 9.17) is 26.7 Å². The highest BCUT2D eigenvalue weighted by molar-refractivity contribution is 6.01. The van der Waals surface area contributed by atoms with Crippen molar-refractivity contribution in [3.8, 4) is 17.5 Å². The van der Waals surface area contributed by atoms with Gasteiger partial charge < -0.3 is 63.9 Å². The molecule has 0 saturated carbocycles. The summed E-state index contributed by atoms with van der Waals surface area (Å²) in [6, 6.07) is 52.1. The number of aryl methyl sites for hydroxylation is 4. The summed E-state index contributed by atoms with van der Waals surface area (Å²) < 4.78 is 64.1. The fourth-order valence-corrected chi connectivity index (χ4v) is 13.4. The number of aromatic nitrogens is 10. The van der Waals surface area contributed by atoms with E-state index in [1.54, 1.807) is 173 Å². The number of nitrogens with two attached hydrogens (primary N) is 2. The predicted octanol–water partition coefficient (Wildman–Crippen LogP) is 13.1. The van der Waals surface area contributed by atoms with Crippen molar-refractivity contribution in [3.05, 3.63) is 382 Å². The summed E-state index contributed by atoms with van der Waals surface area (Å²) in [5.74, 6) is -5.18. The van der Waals surface area contributed by atoms with E-state index >= 15 is 0 Å². The van der Waals surface area contributed by atoms with E-state index < -0.39 is 65.2 Å². The minimum atomic E-state index is -0.946. The van der Waals surface area contributed by atoms with Crippen LogP contribution in [0.4, 0.5) is 22.4 Å². The molecule has 13 rings (SSSR count). The zero-order valence-corrected chi connectivity index (χ0v) is 79.3. The molecule has 0 aliphatic heterocycles. The number of nitrogens with zero attached hydrogens (tertiary/aromatic N) is 12. The van der Waals surface area contributed by atoms with E-state index in [9.17, 15) is 65.5 Å². The summed E-state index contributed by atoms with van der Waals surface area (Å²) in [7, 11) is 0. The smallest absolute Gasteiger partial charge is 0.432 e. The number of nitriles is 1. The van der Waals surface area contributed by atoms with Gasteiger partial charge in [0.1, 0.15) is 94.1 Å². The number of aromatic amines is 1. The van der Waals surface area contributed by atoms with E-state index in [2.05, 4.69) is 112 Å². The number of oxime groups is 2. The first kappa shape index (κ1) is 107. The lowest BCUT2D eigenvalue weighted by Gasteiger charge is -2.15. The number of nitrogens with one attached hydrogen (secondary N) is 9. The number of H-pyrrole nitrogens is 1. The average molecular weight is 1950 g/mol. The summed E-state index contributed by atoms with van der Waals surface area (Å²) in [6.07, 6.45) is 5.82. The summed E-state index contributed by atoms with van der Waals surface area (Å²) in [5.41, 5.74) is 22.4. The molecule has 0 spiro atoms. The van der Waals surface area contributed by atoms with Gasteiger partial charge in [-0.25, -0.2) is 67.0 Å². The Bertz CT molecular complexity index is 6870. The zero-order valence-electron chi connectivity index (χ0n) is 79.3. The van der Waals surface area contributed by atoms with Gasteiger partial charge in [-0.2, -0.15) is 5.26 Å². The van der Waals surface area contributed by atoms with Gasteiger partial charge >= 0.3 is 11.9 Å². The first-order valence-corrected chi connectivity index (χ1v) is 44.9. The molecule has 13 aromatic rings. The van der Waals surface area contributed by atoms with Gasteiger partial charge in [0.05, 0.1) is 42.4 Å². The van der Waals surface area contributed by atoms with Crippen LogP contribution in [0.15, 0.2) is 239 Å². The van der Waals surface area contributed by atoms with Crippen LogP contribution in [0.1, 0.15) is 261 Å². The maximum atomic E-state index is 13.7. The lowest BCUT2D eigenvalue weighted by atomic mass is 10.1. The van der Waals surface area contributed by atoms with Crippen LogP contribution in [0.3, 0.4) is 0 Å². The number of amidine groups is 2. The number of amides is 8. The minimum Gasteiger partial charge on any atom is -0.432 e. The normalized spacial score (nSPS) is 11.8. The van der Waals surface area contributed by atoms with Gasteiger partial charge in [0.2, 0.25) is 0 Å². The molecule has 143 heavy (non-hydrogen) atoms. The lowest BCUT2D eigenvalue weighted by molar-refractivity contribution is 0.0493. The molecule has 37 nitrogen and oxygen atoms in total. The molecule has 0 aliphatic carbocycles. The monoisotopic (exact) mass is 1950 g/mol. The van der Waals surface area contributed by atoms with Crippen molar-refractivity contribution in [1.82, 2.24) is 92.5 Å². The van der Waals surface area contributed by atoms with Gasteiger partial charge in [0.25, 0.3) is 47.3 Å². The number of carbonyl (C=O) groups excluding carboxylic acids is 9. The number of rotatable bonds is 34. The van der Waals surface area contributed by atoms with Crippen molar-refractivity contribution in [2.75, 3.05) is 6.61 Å². The molecule has 5 aromatic heterocycles. The van der Waals surface area contributed by atoms with Crippen LogP contribution in [0, 0.1) is 40.5 Å². The average Bonchev–Trinajstić information content (AvgIpc) is 1.53. The maximum Gasteiger partial charge on any atom is 0.535 e. The van der Waals surface area contributed by atoms with Crippen molar-refractivity contribution in [2.24, 2.45) is 27.7 Å². The van der Waals surface area contributed by atoms with E-state index in [0.29, 0.717) is 76.0 Å². The van der Waals surface area contributed by atoms with E-state index in [-0.39, 0.29) is 137 Å². The van der Waals surface area contributed by atoms with Crippen LogP contribution in [0.5, 0.6) is 0 Å².